The number of amides is 1. The number of carbonyl (C=O) groups excluding carboxylic acids is 1. The number of fused-ring (bicyclic) bond motifs is 9. The Morgan fingerprint density at radius 2 is 1.96 bits per heavy atom. The predicted octanol–water partition coefficient (Wildman–Crippen LogP) is 5.18. The van der Waals surface area contributed by atoms with Crippen molar-refractivity contribution >= 4 is 40.9 Å². The van der Waals surface area contributed by atoms with Crippen LogP contribution in [0.25, 0.3) is 0 Å². The Labute approximate surface area is 282 Å². The van der Waals surface area contributed by atoms with Crippen LogP contribution in [-0.4, -0.2) is 83.6 Å². The number of aryl methyl sites for hydroxylation is 1. The summed E-state index contributed by atoms with van der Waals surface area (Å²) in [7, 11) is 3.53. The van der Waals surface area contributed by atoms with Crippen molar-refractivity contribution < 1.29 is 33.6 Å². The van der Waals surface area contributed by atoms with Gasteiger partial charge in [-0.2, -0.15) is 5.26 Å². The number of likely N-dealkylation sites (N-methyl/N-ethyl adjacent to an activating group) is 1. The van der Waals surface area contributed by atoms with Gasteiger partial charge >= 0.3 is 6.09 Å². The molecule has 2 bridgehead atoms. The number of alkyl halides is 3. The van der Waals surface area contributed by atoms with Crippen molar-refractivity contribution in [3.63, 3.8) is 0 Å². The van der Waals surface area contributed by atoms with Crippen molar-refractivity contribution in [2.75, 3.05) is 40.7 Å². The molecule has 0 spiro atoms. The summed E-state index contributed by atoms with van der Waals surface area (Å²) in [5.74, 6) is 2.22. The zero-order valence-electron chi connectivity index (χ0n) is 25.9. The summed E-state index contributed by atoms with van der Waals surface area (Å²) >= 11 is 17.4. The van der Waals surface area contributed by atoms with Crippen molar-refractivity contribution in [3.8, 4) is 34.8 Å². The van der Waals surface area contributed by atoms with Gasteiger partial charge in [0, 0.05) is 40.9 Å². The molecule has 2 aromatic carbocycles. The molecule has 0 saturated carbocycles. The van der Waals surface area contributed by atoms with E-state index in [-0.39, 0.29) is 43.8 Å². The van der Waals surface area contributed by atoms with Crippen LogP contribution in [0.4, 0.5) is 4.79 Å². The second kappa shape index (κ2) is 12.4. The molecule has 5 atom stereocenters. The monoisotopic (exact) mass is 692 g/mol. The van der Waals surface area contributed by atoms with E-state index in [0.717, 1.165) is 33.4 Å². The third-order valence-electron chi connectivity index (χ3n) is 9.42. The molecule has 46 heavy (non-hydrogen) atoms. The number of phenolic OH excluding ortho intramolecular Hbond substituents is 1. The standard InChI is InChI=1S/C32H35Cl3N4O7/c1-6-7-43-28-16(3)29-30(46-14-45-29)24-18(28)10-20-25-23-17(8-15(2)27(42-5)26(23)40)9-19(38(25)4)21(11-36)39(20)22(24)12-37-31(41)44-13-32(33,34)35/h6,8,19-22,25,40H,1,7,9-10,12-14H2,2-5H3,(H,37,41)/t19-,20+,21+,22+,25+/m1/s1. The van der Waals surface area contributed by atoms with Crippen LogP contribution < -0.4 is 24.3 Å². The summed E-state index contributed by atoms with van der Waals surface area (Å²) in [6.07, 6.45) is 1.85. The van der Waals surface area contributed by atoms with Gasteiger partial charge in [0.1, 0.15) is 25.0 Å². The van der Waals surface area contributed by atoms with Crippen LogP contribution in [0.15, 0.2) is 18.7 Å². The smallest absolute Gasteiger partial charge is 0.407 e. The molecule has 1 fully saturated rings. The van der Waals surface area contributed by atoms with E-state index in [9.17, 15) is 15.2 Å². The lowest BCUT2D eigenvalue weighted by Gasteiger charge is -2.60. The molecule has 0 aromatic heterocycles. The van der Waals surface area contributed by atoms with E-state index in [0.29, 0.717) is 35.8 Å². The van der Waals surface area contributed by atoms with Gasteiger partial charge in [0.25, 0.3) is 0 Å². The molecule has 4 heterocycles. The quantitative estimate of drug-likeness (QED) is 0.296. The van der Waals surface area contributed by atoms with Gasteiger partial charge in [-0.3, -0.25) is 9.80 Å². The van der Waals surface area contributed by atoms with Crippen LogP contribution in [0.2, 0.25) is 0 Å². The van der Waals surface area contributed by atoms with Crippen LogP contribution >= 0.6 is 34.8 Å². The Bertz CT molecular complexity index is 1620. The van der Waals surface area contributed by atoms with Gasteiger partial charge < -0.3 is 34.1 Å². The molecular weight excluding hydrogens is 659 g/mol. The van der Waals surface area contributed by atoms with Gasteiger partial charge in [0.15, 0.2) is 23.0 Å². The third-order valence-corrected chi connectivity index (χ3v) is 9.74. The molecule has 2 aromatic rings. The number of methoxy groups -OCH3 is 1. The van der Waals surface area contributed by atoms with Gasteiger partial charge in [-0.15, -0.1) is 0 Å². The highest BCUT2D eigenvalue weighted by Gasteiger charge is 2.56. The summed E-state index contributed by atoms with van der Waals surface area (Å²) in [5, 5.41) is 25.3. The fourth-order valence-electron chi connectivity index (χ4n) is 7.75. The fourth-order valence-corrected chi connectivity index (χ4v) is 7.91. The number of rotatable bonds is 7. The van der Waals surface area contributed by atoms with Crippen molar-refractivity contribution in [3.05, 3.63) is 52.1 Å². The molecule has 6 rings (SSSR count). The van der Waals surface area contributed by atoms with Crippen LogP contribution in [0.3, 0.4) is 0 Å². The fraction of sp³-hybridized carbons (Fsp3) is 0.500. The van der Waals surface area contributed by atoms with E-state index in [4.69, 9.17) is 58.5 Å². The average molecular weight is 694 g/mol. The first kappa shape index (κ1) is 32.7. The first-order valence-corrected chi connectivity index (χ1v) is 16.0. The molecule has 246 valence electrons. The summed E-state index contributed by atoms with van der Waals surface area (Å²) in [6, 6.07) is 2.53. The number of aromatic hydroxyl groups is 1. The number of halogens is 3. The third kappa shape index (κ3) is 5.34. The highest BCUT2D eigenvalue weighted by Crippen LogP contribution is 2.58. The van der Waals surface area contributed by atoms with Crippen LogP contribution in [0.5, 0.6) is 28.7 Å². The minimum atomic E-state index is -1.78. The van der Waals surface area contributed by atoms with Crippen molar-refractivity contribution in [2.45, 2.75) is 60.7 Å². The lowest BCUT2D eigenvalue weighted by molar-refractivity contribution is -0.0723. The second-order valence-electron chi connectivity index (χ2n) is 11.9. The largest absolute Gasteiger partial charge is 0.504 e. The number of hydrogen-bond acceptors (Lipinski definition) is 10. The van der Waals surface area contributed by atoms with E-state index in [1.807, 2.05) is 27.0 Å². The number of nitriles is 1. The molecule has 4 aliphatic rings. The zero-order valence-corrected chi connectivity index (χ0v) is 28.1. The van der Waals surface area contributed by atoms with E-state index in [1.54, 1.807) is 6.08 Å². The van der Waals surface area contributed by atoms with Gasteiger partial charge in [-0.05, 0) is 44.9 Å². The summed E-state index contributed by atoms with van der Waals surface area (Å²) in [4.78, 5) is 17.2. The highest BCUT2D eigenvalue weighted by molar-refractivity contribution is 6.67. The molecule has 2 N–H and O–H groups in total. The molecule has 0 unspecified atom stereocenters. The van der Waals surface area contributed by atoms with E-state index < -0.39 is 28.6 Å². The van der Waals surface area contributed by atoms with Crippen LogP contribution in [-0.2, 0) is 17.6 Å². The maximum absolute atomic E-state index is 12.9. The number of alkyl carbamates (subject to hydrolysis) is 1. The topological polar surface area (TPSA) is 126 Å². The second-order valence-corrected chi connectivity index (χ2v) is 14.4. The molecule has 11 nitrogen and oxygen atoms in total. The minimum Gasteiger partial charge on any atom is -0.504 e. The molecule has 0 radical (unpaired) electrons. The lowest BCUT2D eigenvalue weighted by Crippen LogP contribution is -2.68. The Kier molecular flexibility index (Phi) is 8.80. The number of phenols is 1. The maximum Gasteiger partial charge on any atom is 0.407 e. The molecule has 1 saturated heterocycles. The van der Waals surface area contributed by atoms with Crippen molar-refractivity contribution in [2.24, 2.45) is 0 Å². The maximum atomic E-state index is 12.9. The molecule has 1 amide bonds. The highest BCUT2D eigenvalue weighted by atomic mass is 35.6. The van der Waals surface area contributed by atoms with Crippen molar-refractivity contribution in [1.29, 1.82) is 5.26 Å². The Morgan fingerprint density at radius 3 is 2.63 bits per heavy atom. The number of hydrogen-bond donors (Lipinski definition) is 2. The van der Waals surface area contributed by atoms with Gasteiger partial charge in [0.2, 0.25) is 10.6 Å². The normalized spacial score (nSPS) is 24.6. The Morgan fingerprint density at radius 1 is 1.22 bits per heavy atom. The number of benzene rings is 2. The van der Waals surface area contributed by atoms with Crippen molar-refractivity contribution in [1.82, 2.24) is 15.1 Å². The summed E-state index contributed by atoms with van der Waals surface area (Å²) in [6.45, 7) is 7.48. The molecule has 0 aliphatic carbocycles. The van der Waals surface area contributed by atoms with Gasteiger partial charge in [-0.1, -0.05) is 53.5 Å². The first-order chi connectivity index (χ1) is 21.9. The molecular formula is C32H35Cl3N4O7. The number of nitrogens with one attached hydrogen (secondary N) is 1. The number of ether oxygens (including phenoxy) is 5. The number of piperazine rings is 1. The SMILES string of the molecule is C=CCOc1c(C)c2c(c3c1C[C@H]1[C@H]4c5c(cc(C)c(OC)c5O)C[C@H]([C@H](C#N)N1[C@H]3CNC(=O)OCC(Cl)(Cl)Cl)N4C)OCO2. The average Bonchev–Trinajstić information content (AvgIpc) is 3.49. The molecule has 14 heteroatoms. The summed E-state index contributed by atoms with van der Waals surface area (Å²) < 4.78 is 27.3. The van der Waals surface area contributed by atoms with Crippen LogP contribution in [0.1, 0.15) is 45.5 Å². The van der Waals surface area contributed by atoms with Gasteiger partial charge in [0.05, 0.1) is 25.3 Å². The minimum absolute atomic E-state index is 0.0124. The Hall–Kier alpha value is -3.27. The predicted molar refractivity (Wildman–Crippen MR) is 171 cm³/mol. The zero-order chi connectivity index (χ0) is 33.1. The summed E-state index contributed by atoms with van der Waals surface area (Å²) in [5.41, 5.74) is 4.95. The van der Waals surface area contributed by atoms with Crippen LogP contribution in [0, 0.1) is 25.2 Å². The number of nitrogens with zero attached hydrogens (tertiary/aromatic N) is 3. The Balaban J connectivity index is 1.54. The number of carbonyl (C=O) groups is 1. The molecule has 4 aliphatic heterocycles. The van der Waals surface area contributed by atoms with E-state index in [1.165, 1.54) is 7.11 Å². The lowest BCUT2D eigenvalue weighted by atomic mass is 9.71. The van der Waals surface area contributed by atoms with E-state index in [2.05, 4.69) is 27.8 Å². The van der Waals surface area contributed by atoms with E-state index >= 15 is 0 Å². The van der Waals surface area contributed by atoms with Gasteiger partial charge in [-0.25, -0.2) is 4.79 Å². The first-order valence-electron chi connectivity index (χ1n) is 14.9.